The average molecular weight is 461 g/mol. The molecule has 0 bridgehead atoms. The lowest BCUT2D eigenvalue weighted by atomic mass is 9.91. The predicted molar refractivity (Wildman–Crippen MR) is 131 cm³/mol. The van der Waals surface area contributed by atoms with Crippen LogP contribution in [0, 0.1) is 17.2 Å². The first-order valence-electron chi connectivity index (χ1n) is 12.3. The third kappa shape index (κ3) is 4.75. The fraction of sp³-hybridized carbons (Fsp3) is 0.481. The zero-order valence-corrected chi connectivity index (χ0v) is 19.7. The van der Waals surface area contributed by atoms with Gasteiger partial charge in [-0.2, -0.15) is 5.26 Å². The molecule has 2 aliphatic heterocycles. The maximum absolute atomic E-state index is 12.1. The van der Waals surface area contributed by atoms with Gasteiger partial charge in [-0.1, -0.05) is 18.2 Å². The van der Waals surface area contributed by atoms with Crippen LogP contribution in [-0.2, 0) is 9.53 Å². The van der Waals surface area contributed by atoms with Crippen LogP contribution in [0.25, 0.3) is 0 Å². The normalized spacial score (nSPS) is 22.2. The quantitative estimate of drug-likeness (QED) is 0.643. The van der Waals surface area contributed by atoms with Gasteiger partial charge in [-0.3, -0.25) is 9.69 Å². The van der Waals surface area contributed by atoms with Crippen molar-refractivity contribution >= 4 is 17.3 Å². The molecule has 0 spiro atoms. The van der Waals surface area contributed by atoms with Crippen LogP contribution in [-0.4, -0.2) is 56.8 Å². The number of anilines is 2. The van der Waals surface area contributed by atoms with E-state index < -0.39 is 0 Å². The SMILES string of the molecule is CCN1c2cc(OCCN3CCOCC3)ccc2C(C#N)C1c1ccc(NC(=O)C2CC2)cc1. The number of carbonyl (C=O) groups excluding carboxylic acids is 1. The van der Waals surface area contributed by atoms with Gasteiger partial charge in [0.25, 0.3) is 0 Å². The van der Waals surface area contributed by atoms with E-state index in [0.29, 0.717) is 6.61 Å². The number of nitrogens with zero attached hydrogens (tertiary/aromatic N) is 3. The standard InChI is InChI=1S/C27H32N4O3/c1-2-31-25-17-22(34-16-13-30-11-14-33-15-12-30)9-10-23(25)24(18-28)26(31)19-5-7-21(8-6-19)29-27(32)20-3-4-20/h5-10,17,20,24,26H,2-4,11-16H2,1H3,(H,29,32). The Balaban J connectivity index is 1.30. The van der Waals surface area contributed by atoms with Crippen molar-refractivity contribution in [2.45, 2.75) is 31.7 Å². The highest BCUT2D eigenvalue weighted by molar-refractivity contribution is 5.94. The fourth-order valence-corrected chi connectivity index (χ4v) is 4.98. The maximum Gasteiger partial charge on any atom is 0.227 e. The van der Waals surface area contributed by atoms with Crippen LogP contribution in [0.4, 0.5) is 11.4 Å². The molecule has 1 N–H and O–H groups in total. The Bertz CT molecular complexity index is 1050. The summed E-state index contributed by atoms with van der Waals surface area (Å²) >= 11 is 0. The highest BCUT2D eigenvalue weighted by Crippen LogP contribution is 2.49. The lowest BCUT2D eigenvalue weighted by Gasteiger charge is -2.28. The summed E-state index contributed by atoms with van der Waals surface area (Å²) in [4.78, 5) is 16.7. The monoisotopic (exact) mass is 460 g/mol. The second kappa shape index (κ2) is 10.0. The Labute approximate surface area is 201 Å². The van der Waals surface area contributed by atoms with Gasteiger partial charge in [0.05, 0.1) is 31.2 Å². The van der Waals surface area contributed by atoms with E-state index in [2.05, 4.69) is 34.2 Å². The Morgan fingerprint density at radius 1 is 1.18 bits per heavy atom. The number of benzene rings is 2. The Kier molecular flexibility index (Phi) is 6.70. The summed E-state index contributed by atoms with van der Waals surface area (Å²) in [6, 6.07) is 16.5. The number of hydrogen-bond acceptors (Lipinski definition) is 6. The summed E-state index contributed by atoms with van der Waals surface area (Å²) in [7, 11) is 0. The second-order valence-corrected chi connectivity index (χ2v) is 9.25. The Hall–Kier alpha value is -3.08. The van der Waals surface area contributed by atoms with Crippen molar-refractivity contribution in [3.63, 3.8) is 0 Å². The molecule has 7 nitrogen and oxygen atoms in total. The molecule has 2 heterocycles. The van der Waals surface area contributed by atoms with Crippen LogP contribution in [0.3, 0.4) is 0 Å². The first-order valence-corrected chi connectivity index (χ1v) is 12.3. The topological polar surface area (TPSA) is 77.8 Å². The van der Waals surface area contributed by atoms with E-state index in [9.17, 15) is 10.1 Å². The minimum absolute atomic E-state index is 0.0678. The van der Waals surface area contributed by atoms with Crippen molar-refractivity contribution < 1.29 is 14.3 Å². The predicted octanol–water partition coefficient (Wildman–Crippen LogP) is 3.93. The summed E-state index contributed by atoms with van der Waals surface area (Å²) in [5.74, 6) is 0.852. The largest absolute Gasteiger partial charge is 0.492 e. The molecule has 1 aliphatic carbocycles. The Morgan fingerprint density at radius 3 is 2.62 bits per heavy atom. The highest BCUT2D eigenvalue weighted by atomic mass is 16.5. The van der Waals surface area contributed by atoms with E-state index in [1.165, 1.54) is 0 Å². The van der Waals surface area contributed by atoms with Crippen LogP contribution in [0.15, 0.2) is 42.5 Å². The number of fused-ring (bicyclic) bond motifs is 1. The molecule has 178 valence electrons. The van der Waals surface area contributed by atoms with Gasteiger partial charge in [-0.15, -0.1) is 0 Å². The summed E-state index contributed by atoms with van der Waals surface area (Å²) in [6.45, 7) is 7.89. The minimum Gasteiger partial charge on any atom is -0.492 e. The number of carbonyl (C=O) groups is 1. The van der Waals surface area contributed by atoms with E-state index >= 15 is 0 Å². The highest BCUT2D eigenvalue weighted by Gasteiger charge is 2.39. The van der Waals surface area contributed by atoms with E-state index in [1.54, 1.807) is 0 Å². The number of likely N-dealkylation sites (N-methyl/N-ethyl adjacent to an activating group) is 1. The van der Waals surface area contributed by atoms with E-state index in [4.69, 9.17) is 9.47 Å². The number of hydrogen-bond donors (Lipinski definition) is 1. The van der Waals surface area contributed by atoms with Gasteiger partial charge in [0, 0.05) is 49.5 Å². The summed E-state index contributed by atoms with van der Waals surface area (Å²) < 4.78 is 11.5. The number of nitrogens with one attached hydrogen (secondary N) is 1. The van der Waals surface area contributed by atoms with Gasteiger partial charge in [0.2, 0.25) is 5.91 Å². The van der Waals surface area contributed by atoms with Crippen LogP contribution in [0.1, 0.15) is 42.9 Å². The van der Waals surface area contributed by atoms with E-state index in [0.717, 1.165) is 80.5 Å². The zero-order chi connectivity index (χ0) is 23.5. The molecule has 1 saturated carbocycles. The molecule has 0 aromatic heterocycles. The van der Waals surface area contributed by atoms with Crippen LogP contribution >= 0.6 is 0 Å². The summed E-state index contributed by atoms with van der Waals surface area (Å²) in [5.41, 5.74) is 3.99. The number of rotatable bonds is 8. The van der Waals surface area contributed by atoms with Crippen molar-refractivity contribution in [1.29, 1.82) is 5.26 Å². The van der Waals surface area contributed by atoms with Crippen molar-refractivity contribution in [2.24, 2.45) is 5.92 Å². The van der Waals surface area contributed by atoms with Crippen molar-refractivity contribution in [3.8, 4) is 11.8 Å². The van der Waals surface area contributed by atoms with E-state index in [-0.39, 0.29) is 23.8 Å². The third-order valence-electron chi connectivity index (χ3n) is 7.03. The molecule has 5 rings (SSSR count). The van der Waals surface area contributed by atoms with Gasteiger partial charge in [0.1, 0.15) is 12.4 Å². The van der Waals surface area contributed by atoms with Gasteiger partial charge >= 0.3 is 0 Å². The Morgan fingerprint density at radius 2 is 1.94 bits per heavy atom. The van der Waals surface area contributed by atoms with Gasteiger partial charge in [-0.05, 0) is 49.1 Å². The van der Waals surface area contributed by atoms with Crippen molar-refractivity contribution in [2.75, 3.05) is 56.2 Å². The van der Waals surface area contributed by atoms with Crippen LogP contribution in [0.2, 0.25) is 0 Å². The number of morpholine rings is 1. The van der Waals surface area contributed by atoms with Crippen molar-refractivity contribution in [3.05, 3.63) is 53.6 Å². The van der Waals surface area contributed by atoms with Gasteiger partial charge in [0.15, 0.2) is 0 Å². The fourth-order valence-electron chi connectivity index (χ4n) is 4.98. The molecule has 7 heteroatoms. The summed E-state index contributed by atoms with van der Waals surface area (Å²) in [6.07, 6.45) is 1.97. The molecule has 2 unspecified atom stereocenters. The van der Waals surface area contributed by atoms with E-state index in [1.807, 2.05) is 36.4 Å². The summed E-state index contributed by atoms with van der Waals surface area (Å²) in [5, 5.41) is 13.1. The first kappa shape index (κ1) is 22.7. The van der Waals surface area contributed by atoms with Crippen LogP contribution in [0.5, 0.6) is 5.75 Å². The molecule has 3 aliphatic rings. The van der Waals surface area contributed by atoms with Crippen LogP contribution < -0.4 is 15.0 Å². The maximum atomic E-state index is 12.1. The zero-order valence-electron chi connectivity index (χ0n) is 19.7. The first-order chi connectivity index (χ1) is 16.7. The lowest BCUT2D eigenvalue weighted by molar-refractivity contribution is -0.117. The molecule has 1 saturated heterocycles. The van der Waals surface area contributed by atoms with Crippen molar-refractivity contribution in [1.82, 2.24) is 4.90 Å². The molecule has 34 heavy (non-hydrogen) atoms. The molecule has 2 aromatic rings. The molecular formula is C27H32N4O3. The molecule has 2 fully saturated rings. The minimum atomic E-state index is -0.260. The number of nitriles is 1. The van der Waals surface area contributed by atoms with Gasteiger partial charge < -0.3 is 19.7 Å². The number of ether oxygens (including phenoxy) is 2. The molecule has 2 aromatic carbocycles. The lowest BCUT2D eigenvalue weighted by Crippen LogP contribution is -2.38. The smallest absolute Gasteiger partial charge is 0.227 e. The third-order valence-corrected chi connectivity index (χ3v) is 7.03. The molecule has 1 amide bonds. The second-order valence-electron chi connectivity index (χ2n) is 9.25. The van der Waals surface area contributed by atoms with Gasteiger partial charge in [-0.25, -0.2) is 0 Å². The average Bonchev–Trinajstić information content (AvgIpc) is 3.67. The number of amides is 1. The molecular weight excluding hydrogens is 428 g/mol. The molecule has 2 atom stereocenters. The molecule has 0 radical (unpaired) electrons.